The lowest BCUT2D eigenvalue weighted by atomic mass is 10.1. The predicted molar refractivity (Wildman–Crippen MR) is 124 cm³/mol. The van der Waals surface area contributed by atoms with Crippen molar-refractivity contribution in [1.82, 2.24) is 19.9 Å². The Bertz CT molecular complexity index is 1170. The number of rotatable bonds is 10. The summed E-state index contributed by atoms with van der Waals surface area (Å²) in [6.07, 6.45) is 2.27. The molecule has 0 atom stereocenters. The van der Waals surface area contributed by atoms with E-state index in [4.69, 9.17) is 4.74 Å². The van der Waals surface area contributed by atoms with Crippen LogP contribution in [0.5, 0.6) is 0 Å². The Balaban J connectivity index is 1.47. The molecule has 33 heavy (non-hydrogen) atoms. The fourth-order valence-electron chi connectivity index (χ4n) is 3.75. The lowest BCUT2D eigenvalue weighted by molar-refractivity contribution is -0.142. The Kier molecular flexibility index (Phi) is 7.92. The summed E-state index contributed by atoms with van der Waals surface area (Å²) in [5, 5.41) is 7.20. The molecule has 0 saturated carbocycles. The van der Waals surface area contributed by atoms with Crippen molar-refractivity contribution < 1.29 is 19.1 Å². The van der Waals surface area contributed by atoms with Crippen LogP contribution in [0.25, 0.3) is 5.65 Å². The molecule has 0 radical (unpaired) electrons. The average Bonchev–Trinajstić information content (AvgIpc) is 3.15. The molecule has 0 aliphatic rings. The first-order chi connectivity index (χ1) is 15.7. The Morgan fingerprint density at radius 3 is 2.48 bits per heavy atom. The number of hydrogen-bond donors (Lipinski definition) is 1. The van der Waals surface area contributed by atoms with Crippen LogP contribution in [0.3, 0.4) is 0 Å². The van der Waals surface area contributed by atoms with Crippen molar-refractivity contribution in [3.05, 3.63) is 64.1 Å². The minimum absolute atomic E-state index is 0.0403. The van der Waals surface area contributed by atoms with Gasteiger partial charge in [0.2, 0.25) is 5.91 Å². The van der Waals surface area contributed by atoms with E-state index in [0.717, 1.165) is 46.7 Å². The Morgan fingerprint density at radius 1 is 1.06 bits per heavy atom. The number of carbonyl (C=O) groups excluding carboxylic acids is 3. The molecular formula is C25H30N4O4. The van der Waals surface area contributed by atoms with Gasteiger partial charge in [-0.05, 0) is 51.2 Å². The topological polar surface area (TPSA) is 103 Å². The number of esters is 1. The first kappa shape index (κ1) is 24.1. The maximum absolute atomic E-state index is 12.4. The van der Waals surface area contributed by atoms with Crippen molar-refractivity contribution in [1.29, 1.82) is 0 Å². The van der Waals surface area contributed by atoms with Crippen LogP contribution >= 0.6 is 0 Å². The molecule has 174 valence electrons. The summed E-state index contributed by atoms with van der Waals surface area (Å²) in [7, 11) is 0. The number of amides is 1. The summed E-state index contributed by atoms with van der Waals surface area (Å²) in [4.78, 5) is 40.1. The molecule has 1 aromatic carbocycles. The normalized spacial score (nSPS) is 10.9. The summed E-state index contributed by atoms with van der Waals surface area (Å²) in [5.74, 6) is -0.703. The number of ketones is 1. The third-order valence-corrected chi connectivity index (χ3v) is 5.52. The largest absolute Gasteiger partial charge is 0.457 e. The quantitative estimate of drug-likeness (QED) is 0.289. The molecule has 8 heteroatoms. The van der Waals surface area contributed by atoms with Gasteiger partial charge >= 0.3 is 5.97 Å². The molecule has 0 bridgehead atoms. The average molecular weight is 451 g/mol. The summed E-state index contributed by atoms with van der Waals surface area (Å²) in [5.41, 5.74) is 6.04. The van der Waals surface area contributed by atoms with Gasteiger partial charge in [0, 0.05) is 42.9 Å². The number of nitrogens with one attached hydrogen (secondary N) is 1. The second-order valence-electron chi connectivity index (χ2n) is 8.18. The molecule has 8 nitrogen and oxygen atoms in total. The van der Waals surface area contributed by atoms with Gasteiger partial charge < -0.3 is 10.1 Å². The van der Waals surface area contributed by atoms with Crippen LogP contribution in [0.1, 0.15) is 58.3 Å². The maximum Gasteiger partial charge on any atom is 0.306 e. The summed E-state index contributed by atoms with van der Waals surface area (Å²) >= 11 is 0. The second kappa shape index (κ2) is 10.8. The Labute approximate surface area is 193 Å². The molecule has 0 unspecified atom stereocenters. The lowest BCUT2D eigenvalue weighted by Crippen LogP contribution is -2.21. The smallest absolute Gasteiger partial charge is 0.306 e. The molecule has 0 saturated heterocycles. The van der Waals surface area contributed by atoms with Crippen molar-refractivity contribution in [2.45, 2.75) is 53.4 Å². The molecule has 0 spiro atoms. The van der Waals surface area contributed by atoms with Crippen molar-refractivity contribution >= 4 is 23.3 Å². The van der Waals surface area contributed by atoms with Gasteiger partial charge in [-0.15, -0.1) is 0 Å². The zero-order valence-corrected chi connectivity index (χ0v) is 19.6. The van der Waals surface area contributed by atoms with Gasteiger partial charge in [-0.25, -0.2) is 9.50 Å². The second-order valence-corrected chi connectivity index (χ2v) is 8.18. The minimum atomic E-state index is -0.423. The van der Waals surface area contributed by atoms with Crippen LogP contribution in [0, 0.1) is 20.8 Å². The number of fused-ring (bicyclic) bond motifs is 1. The van der Waals surface area contributed by atoms with Crippen LogP contribution in [0.2, 0.25) is 0 Å². The van der Waals surface area contributed by atoms with Crippen molar-refractivity contribution in [2.24, 2.45) is 0 Å². The first-order valence-corrected chi connectivity index (χ1v) is 11.1. The highest BCUT2D eigenvalue weighted by molar-refractivity contribution is 5.97. The van der Waals surface area contributed by atoms with Crippen LogP contribution < -0.4 is 5.32 Å². The molecule has 2 heterocycles. The molecule has 0 fully saturated rings. The van der Waals surface area contributed by atoms with Crippen molar-refractivity contribution in [3.8, 4) is 0 Å². The monoisotopic (exact) mass is 450 g/mol. The van der Waals surface area contributed by atoms with Gasteiger partial charge in [0.25, 0.3) is 0 Å². The van der Waals surface area contributed by atoms with Gasteiger partial charge in [-0.1, -0.05) is 24.3 Å². The third kappa shape index (κ3) is 6.47. The third-order valence-electron chi connectivity index (χ3n) is 5.52. The Morgan fingerprint density at radius 2 is 1.79 bits per heavy atom. The summed E-state index contributed by atoms with van der Waals surface area (Å²) in [6, 6.07) is 9.16. The highest BCUT2D eigenvalue weighted by Gasteiger charge is 2.15. The van der Waals surface area contributed by atoms with E-state index in [1.54, 1.807) is 16.6 Å². The Hall–Kier alpha value is -3.55. The molecule has 0 aliphatic carbocycles. The fraction of sp³-hybridized carbons (Fsp3) is 0.400. The number of carbonyl (C=O) groups is 3. The van der Waals surface area contributed by atoms with E-state index in [1.165, 1.54) is 6.92 Å². The van der Waals surface area contributed by atoms with E-state index in [2.05, 4.69) is 15.4 Å². The van der Waals surface area contributed by atoms with Crippen LogP contribution in [0.4, 0.5) is 0 Å². The number of Topliss-reactive ketones (excluding diaryl/α,β-unsaturated/α-hetero) is 1. The highest BCUT2D eigenvalue weighted by atomic mass is 16.5. The number of nitrogens with zero attached hydrogens (tertiary/aromatic N) is 3. The van der Waals surface area contributed by atoms with E-state index >= 15 is 0 Å². The van der Waals surface area contributed by atoms with Crippen molar-refractivity contribution in [2.75, 3.05) is 13.2 Å². The first-order valence-electron chi connectivity index (χ1n) is 11.1. The van der Waals surface area contributed by atoms with E-state index < -0.39 is 5.97 Å². The van der Waals surface area contributed by atoms with Gasteiger partial charge in [0.1, 0.15) is 0 Å². The molecule has 2 aromatic heterocycles. The highest BCUT2D eigenvalue weighted by Crippen LogP contribution is 2.17. The van der Waals surface area contributed by atoms with E-state index in [0.29, 0.717) is 18.5 Å². The summed E-state index contributed by atoms with van der Waals surface area (Å²) < 4.78 is 7.00. The van der Waals surface area contributed by atoms with Gasteiger partial charge in [-0.3, -0.25) is 14.4 Å². The van der Waals surface area contributed by atoms with Crippen molar-refractivity contribution in [3.63, 3.8) is 0 Å². The number of hydrogen-bond acceptors (Lipinski definition) is 6. The number of aryl methyl sites for hydroxylation is 4. The van der Waals surface area contributed by atoms with Crippen LogP contribution in [-0.2, 0) is 27.2 Å². The van der Waals surface area contributed by atoms with Gasteiger partial charge in [0.15, 0.2) is 18.0 Å². The van der Waals surface area contributed by atoms with Gasteiger partial charge in [0.05, 0.1) is 5.69 Å². The number of benzene rings is 1. The van der Waals surface area contributed by atoms with E-state index in [1.807, 2.05) is 39.0 Å². The number of ether oxygens (including phenoxy) is 1. The van der Waals surface area contributed by atoms with E-state index in [-0.39, 0.29) is 24.7 Å². The molecular weight excluding hydrogens is 420 g/mol. The zero-order valence-electron chi connectivity index (χ0n) is 19.6. The standard InChI is InChI=1S/C25H30N4O4/c1-16-14-24-27-17(2)22(18(3)29(24)28-16)11-12-25(32)33-15-23(31)21-9-7-20(8-10-21)6-5-13-26-19(4)30/h7-10,14H,5-6,11-13,15H2,1-4H3,(H,26,30). The SMILES string of the molecule is CC(=O)NCCCc1ccc(C(=O)COC(=O)CCc2c(C)nc3cc(C)nn3c2C)cc1. The number of aromatic nitrogens is 3. The lowest BCUT2D eigenvalue weighted by Gasteiger charge is -2.11. The molecule has 1 amide bonds. The van der Waals surface area contributed by atoms with Crippen LogP contribution in [-0.4, -0.2) is 45.4 Å². The van der Waals surface area contributed by atoms with Gasteiger partial charge in [-0.2, -0.15) is 5.10 Å². The van der Waals surface area contributed by atoms with E-state index in [9.17, 15) is 14.4 Å². The van der Waals surface area contributed by atoms with Crippen LogP contribution in [0.15, 0.2) is 30.3 Å². The molecule has 3 aromatic rings. The fourth-order valence-corrected chi connectivity index (χ4v) is 3.75. The minimum Gasteiger partial charge on any atom is -0.457 e. The maximum atomic E-state index is 12.4. The molecule has 0 aliphatic heterocycles. The molecule has 3 rings (SSSR count). The summed E-state index contributed by atoms with van der Waals surface area (Å²) in [6.45, 7) is 7.63. The zero-order chi connectivity index (χ0) is 24.0. The molecule has 1 N–H and O–H groups in total. The predicted octanol–water partition coefficient (Wildman–Crippen LogP) is 3.08.